The molecule has 2 nitrogen and oxygen atoms in total. The Morgan fingerprint density at radius 2 is 2.13 bits per heavy atom. The summed E-state index contributed by atoms with van der Waals surface area (Å²) in [5, 5.41) is 12.6. The quantitative estimate of drug-likeness (QED) is 0.896. The van der Waals surface area contributed by atoms with Gasteiger partial charge in [0, 0.05) is 9.85 Å². The predicted octanol–water partition coefficient (Wildman–Crippen LogP) is 3.75. The van der Waals surface area contributed by atoms with Crippen molar-refractivity contribution in [3.8, 4) is 0 Å². The first-order valence-electron chi connectivity index (χ1n) is 4.21. The van der Waals surface area contributed by atoms with E-state index < -0.39 is 6.10 Å². The second-order valence-corrected chi connectivity index (χ2v) is 5.58. The molecule has 1 unspecified atom stereocenters. The monoisotopic (exact) mass is 347 g/mol. The first-order valence-corrected chi connectivity index (χ1v) is 6.68. The Balaban J connectivity index is 2.32. The summed E-state index contributed by atoms with van der Waals surface area (Å²) in [5.41, 5.74) is 0.839. The molecule has 0 saturated carbocycles. The molecule has 1 aromatic heterocycles. The Hall–Kier alpha value is -0.230. The Labute approximate surface area is 108 Å². The molecule has 15 heavy (non-hydrogen) atoms. The van der Waals surface area contributed by atoms with Crippen LogP contribution in [0, 0.1) is 0 Å². The number of hydrogen-bond acceptors (Lipinski definition) is 3. The largest absolute Gasteiger partial charge is 0.381 e. The maximum atomic E-state index is 10.0. The van der Waals surface area contributed by atoms with Crippen LogP contribution in [-0.4, -0.2) is 10.1 Å². The van der Waals surface area contributed by atoms with Crippen LogP contribution in [0.3, 0.4) is 0 Å². The lowest BCUT2D eigenvalue weighted by Gasteiger charge is -2.07. The summed E-state index contributed by atoms with van der Waals surface area (Å²) in [4.78, 5) is 4.19. The Morgan fingerprint density at radius 3 is 2.73 bits per heavy atom. The fourth-order valence-electron chi connectivity index (χ4n) is 1.21. The summed E-state index contributed by atoms with van der Waals surface area (Å²) in [6, 6.07) is 7.59. The van der Waals surface area contributed by atoms with E-state index in [-0.39, 0.29) is 0 Å². The third kappa shape index (κ3) is 2.66. The van der Waals surface area contributed by atoms with Gasteiger partial charge in [-0.3, -0.25) is 0 Å². The van der Waals surface area contributed by atoms with Crippen molar-refractivity contribution in [2.24, 2.45) is 0 Å². The van der Waals surface area contributed by atoms with Crippen molar-refractivity contribution in [2.75, 3.05) is 0 Å². The molecule has 78 valence electrons. The van der Waals surface area contributed by atoms with Gasteiger partial charge in [0.2, 0.25) is 0 Å². The van der Waals surface area contributed by atoms with Crippen LogP contribution in [0.15, 0.2) is 38.7 Å². The van der Waals surface area contributed by atoms with E-state index in [1.807, 2.05) is 29.6 Å². The van der Waals surface area contributed by atoms with Crippen molar-refractivity contribution in [1.29, 1.82) is 0 Å². The van der Waals surface area contributed by atoms with E-state index in [0.29, 0.717) is 5.01 Å². The Bertz CT molecular complexity index is 472. The summed E-state index contributed by atoms with van der Waals surface area (Å²) in [6.07, 6.45) is -0.654. The van der Waals surface area contributed by atoms with E-state index in [2.05, 4.69) is 36.8 Å². The molecular weight excluding hydrogens is 342 g/mol. The smallest absolute Gasteiger partial charge is 0.131 e. The zero-order valence-electron chi connectivity index (χ0n) is 7.52. The number of aliphatic hydroxyl groups is 1. The van der Waals surface area contributed by atoms with Crippen LogP contribution in [0.1, 0.15) is 16.7 Å². The minimum atomic E-state index is -0.654. The van der Waals surface area contributed by atoms with Gasteiger partial charge < -0.3 is 5.11 Å². The number of benzene rings is 1. The molecule has 0 aliphatic heterocycles. The van der Waals surface area contributed by atoms with Crippen molar-refractivity contribution in [3.63, 3.8) is 0 Å². The van der Waals surface area contributed by atoms with Gasteiger partial charge in [-0.15, -0.1) is 11.3 Å². The van der Waals surface area contributed by atoms with Gasteiger partial charge in [0.15, 0.2) is 0 Å². The van der Waals surface area contributed by atoms with Gasteiger partial charge in [-0.25, -0.2) is 4.98 Å². The molecule has 0 radical (unpaired) electrons. The van der Waals surface area contributed by atoms with Crippen molar-refractivity contribution in [2.45, 2.75) is 6.10 Å². The lowest BCUT2D eigenvalue weighted by molar-refractivity contribution is 0.219. The van der Waals surface area contributed by atoms with E-state index >= 15 is 0 Å². The van der Waals surface area contributed by atoms with E-state index in [4.69, 9.17) is 0 Å². The van der Waals surface area contributed by atoms with Gasteiger partial charge in [0.1, 0.15) is 15.7 Å². The fraction of sp³-hybridized carbons (Fsp3) is 0.100. The topological polar surface area (TPSA) is 33.1 Å². The van der Waals surface area contributed by atoms with Crippen molar-refractivity contribution in [3.05, 3.63) is 49.3 Å². The molecule has 1 aromatic carbocycles. The van der Waals surface area contributed by atoms with Crippen LogP contribution >= 0.6 is 43.2 Å². The number of aromatic nitrogens is 1. The fourth-order valence-corrected chi connectivity index (χ4v) is 2.90. The minimum Gasteiger partial charge on any atom is -0.381 e. The SMILES string of the molecule is OC(c1cccc(Br)c1)c1nc(Br)cs1. The third-order valence-electron chi connectivity index (χ3n) is 1.89. The maximum absolute atomic E-state index is 10.0. The third-order valence-corrected chi connectivity index (χ3v) is 3.99. The molecule has 0 amide bonds. The number of thiazole rings is 1. The summed E-state index contributed by atoms with van der Waals surface area (Å²) in [6.45, 7) is 0. The van der Waals surface area contributed by atoms with E-state index in [9.17, 15) is 5.11 Å². The predicted molar refractivity (Wildman–Crippen MR) is 68.0 cm³/mol. The van der Waals surface area contributed by atoms with Gasteiger partial charge in [0.25, 0.3) is 0 Å². The van der Waals surface area contributed by atoms with Crippen LogP contribution in [0.2, 0.25) is 0 Å². The Morgan fingerprint density at radius 1 is 1.33 bits per heavy atom. The van der Waals surface area contributed by atoms with Crippen LogP contribution in [0.4, 0.5) is 0 Å². The highest BCUT2D eigenvalue weighted by Crippen LogP contribution is 2.27. The summed E-state index contributed by atoms with van der Waals surface area (Å²) in [7, 11) is 0. The van der Waals surface area contributed by atoms with E-state index in [1.54, 1.807) is 0 Å². The zero-order chi connectivity index (χ0) is 10.8. The summed E-state index contributed by atoms with van der Waals surface area (Å²) < 4.78 is 1.71. The molecule has 2 rings (SSSR count). The molecule has 1 heterocycles. The summed E-state index contributed by atoms with van der Waals surface area (Å²) in [5.74, 6) is 0. The molecule has 0 bridgehead atoms. The normalized spacial score (nSPS) is 12.7. The van der Waals surface area contributed by atoms with E-state index in [0.717, 1.165) is 14.6 Å². The van der Waals surface area contributed by atoms with Gasteiger partial charge in [-0.1, -0.05) is 28.1 Å². The van der Waals surface area contributed by atoms with Crippen molar-refractivity contribution < 1.29 is 5.11 Å². The number of halogens is 2. The van der Waals surface area contributed by atoms with E-state index in [1.165, 1.54) is 11.3 Å². The van der Waals surface area contributed by atoms with Crippen molar-refractivity contribution >= 4 is 43.2 Å². The molecule has 0 aliphatic rings. The Kier molecular flexibility index (Phi) is 3.56. The average Bonchev–Trinajstić information content (AvgIpc) is 2.64. The lowest BCUT2D eigenvalue weighted by atomic mass is 10.1. The van der Waals surface area contributed by atoms with Crippen molar-refractivity contribution in [1.82, 2.24) is 4.98 Å². The van der Waals surface area contributed by atoms with Crippen LogP contribution in [-0.2, 0) is 0 Å². The molecule has 0 aliphatic carbocycles. The first-order chi connectivity index (χ1) is 7.16. The highest BCUT2D eigenvalue weighted by atomic mass is 79.9. The van der Waals surface area contributed by atoms with Crippen LogP contribution in [0.25, 0.3) is 0 Å². The lowest BCUT2D eigenvalue weighted by Crippen LogP contribution is -1.98. The average molecular weight is 349 g/mol. The maximum Gasteiger partial charge on any atom is 0.131 e. The highest BCUT2D eigenvalue weighted by Gasteiger charge is 2.14. The second kappa shape index (κ2) is 4.74. The molecule has 5 heteroatoms. The zero-order valence-corrected chi connectivity index (χ0v) is 11.5. The second-order valence-electron chi connectivity index (χ2n) is 2.97. The standard InChI is InChI=1S/C10H7Br2NOS/c11-7-3-1-2-6(4-7)9(14)10-13-8(12)5-15-10/h1-5,9,14H. The first kappa shape index (κ1) is 11.3. The van der Waals surface area contributed by atoms with Gasteiger partial charge in [-0.05, 0) is 33.6 Å². The molecular formula is C10H7Br2NOS. The van der Waals surface area contributed by atoms with Gasteiger partial charge in [-0.2, -0.15) is 0 Å². The number of hydrogen-bond donors (Lipinski definition) is 1. The molecule has 0 fully saturated rings. The summed E-state index contributed by atoms with van der Waals surface area (Å²) >= 11 is 8.07. The van der Waals surface area contributed by atoms with Gasteiger partial charge in [0.05, 0.1) is 0 Å². The minimum absolute atomic E-state index is 0.654. The molecule has 0 saturated heterocycles. The molecule has 1 atom stereocenters. The molecule has 1 N–H and O–H groups in total. The van der Waals surface area contributed by atoms with Crippen LogP contribution < -0.4 is 0 Å². The molecule has 0 spiro atoms. The van der Waals surface area contributed by atoms with Gasteiger partial charge >= 0.3 is 0 Å². The number of rotatable bonds is 2. The number of nitrogens with zero attached hydrogens (tertiary/aromatic N) is 1. The number of aliphatic hydroxyl groups excluding tert-OH is 1. The molecule has 2 aromatic rings. The highest BCUT2D eigenvalue weighted by molar-refractivity contribution is 9.10. The van der Waals surface area contributed by atoms with Crippen LogP contribution in [0.5, 0.6) is 0 Å².